The lowest BCUT2D eigenvalue weighted by Gasteiger charge is -2.20. The fourth-order valence-electron chi connectivity index (χ4n) is 3.30. The van der Waals surface area contributed by atoms with Crippen LogP contribution >= 0.6 is 0 Å². The van der Waals surface area contributed by atoms with E-state index in [2.05, 4.69) is 9.71 Å². The minimum Gasteiger partial charge on any atom is -0.352 e. The van der Waals surface area contributed by atoms with Gasteiger partial charge in [0.15, 0.2) is 0 Å². The van der Waals surface area contributed by atoms with Crippen molar-refractivity contribution in [1.82, 2.24) is 0 Å². The zero-order valence-electron chi connectivity index (χ0n) is 16.9. The van der Waals surface area contributed by atoms with Gasteiger partial charge in [-0.1, -0.05) is 36.4 Å². The standard InChI is InChI=1S/C24H19FN2O3S/c1-15-7-8-16(2)21(13-15)26-23-14-22(19-5-3-4-6-20(19)24(23)28)27-31(29,30)18-11-9-17(25)10-12-18/h3-14,26H,1-2H3/b27-22-. The van der Waals surface area contributed by atoms with Crippen molar-refractivity contribution in [2.75, 3.05) is 5.32 Å². The molecule has 156 valence electrons. The number of rotatable bonds is 4. The first kappa shape index (κ1) is 20.7. The molecular formula is C24H19FN2O3S. The van der Waals surface area contributed by atoms with Crippen LogP contribution in [-0.2, 0) is 10.0 Å². The van der Waals surface area contributed by atoms with Crippen molar-refractivity contribution in [3.05, 3.63) is 107 Å². The number of Topliss-reactive ketones (excluding diaryl/α,β-unsaturated/α-hetero) is 1. The number of hydrogen-bond donors (Lipinski definition) is 1. The number of halogens is 1. The third-order valence-electron chi connectivity index (χ3n) is 4.97. The topological polar surface area (TPSA) is 75.6 Å². The summed E-state index contributed by atoms with van der Waals surface area (Å²) in [7, 11) is -4.11. The average molecular weight is 434 g/mol. The number of aryl methyl sites for hydroxylation is 2. The third-order valence-corrected chi connectivity index (χ3v) is 6.27. The third kappa shape index (κ3) is 4.18. The fraction of sp³-hybridized carbons (Fsp3) is 0.0833. The van der Waals surface area contributed by atoms with Crippen LogP contribution in [0.15, 0.2) is 87.8 Å². The molecule has 3 aromatic carbocycles. The van der Waals surface area contributed by atoms with Gasteiger partial charge in [0, 0.05) is 16.8 Å². The minimum absolute atomic E-state index is 0.131. The molecule has 1 aliphatic rings. The lowest BCUT2D eigenvalue weighted by molar-refractivity contribution is 0.103. The van der Waals surface area contributed by atoms with E-state index in [1.54, 1.807) is 24.3 Å². The summed E-state index contributed by atoms with van der Waals surface area (Å²) in [6.45, 7) is 3.86. The van der Waals surface area contributed by atoms with Crippen molar-refractivity contribution in [2.45, 2.75) is 18.7 Å². The molecule has 31 heavy (non-hydrogen) atoms. The molecule has 0 radical (unpaired) electrons. The Bertz CT molecular complexity index is 1360. The summed E-state index contributed by atoms with van der Waals surface area (Å²) in [5.41, 5.74) is 3.84. The van der Waals surface area contributed by atoms with Gasteiger partial charge in [0.25, 0.3) is 10.0 Å². The summed E-state index contributed by atoms with van der Waals surface area (Å²) in [6, 6.07) is 17.0. The summed E-state index contributed by atoms with van der Waals surface area (Å²) in [6.07, 6.45) is 1.44. The van der Waals surface area contributed by atoms with E-state index in [-0.39, 0.29) is 22.1 Å². The van der Waals surface area contributed by atoms with E-state index < -0.39 is 15.8 Å². The van der Waals surface area contributed by atoms with Gasteiger partial charge in [-0.25, -0.2) is 4.39 Å². The summed E-state index contributed by atoms with van der Waals surface area (Å²) in [4.78, 5) is 12.9. The molecule has 0 aliphatic heterocycles. The number of carbonyl (C=O) groups is 1. The molecule has 0 saturated carbocycles. The monoisotopic (exact) mass is 434 g/mol. The lowest BCUT2D eigenvalue weighted by Crippen LogP contribution is -2.23. The first-order valence-electron chi connectivity index (χ1n) is 9.55. The smallest absolute Gasteiger partial charge is 0.282 e. The summed E-state index contributed by atoms with van der Waals surface area (Å²) < 4.78 is 42.8. The Balaban J connectivity index is 1.83. The number of benzene rings is 3. The highest BCUT2D eigenvalue weighted by molar-refractivity contribution is 7.90. The van der Waals surface area contributed by atoms with Crippen LogP contribution in [0, 0.1) is 19.7 Å². The van der Waals surface area contributed by atoms with E-state index in [9.17, 15) is 17.6 Å². The van der Waals surface area contributed by atoms with Gasteiger partial charge in [0.2, 0.25) is 5.78 Å². The van der Waals surface area contributed by atoms with Crippen LogP contribution in [0.1, 0.15) is 27.0 Å². The first-order chi connectivity index (χ1) is 14.7. The second-order valence-electron chi connectivity index (χ2n) is 7.28. The Hall–Kier alpha value is -3.58. The number of carbonyl (C=O) groups excluding carboxylic acids is 1. The fourth-order valence-corrected chi connectivity index (χ4v) is 4.30. The first-order valence-corrected chi connectivity index (χ1v) is 11.0. The molecule has 0 heterocycles. The van der Waals surface area contributed by atoms with E-state index in [0.29, 0.717) is 11.1 Å². The van der Waals surface area contributed by atoms with Crippen molar-refractivity contribution >= 4 is 27.2 Å². The molecule has 1 N–H and O–H groups in total. The minimum atomic E-state index is -4.11. The summed E-state index contributed by atoms with van der Waals surface area (Å²) >= 11 is 0. The molecule has 0 bridgehead atoms. The number of nitrogens with one attached hydrogen (secondary N) is 1. The number of hydrogen-bond acceptors (Lipinski definition) is 4. The van der Waals surface area contributed by atoms with Gasteiger partial charge in [-0.3, -0.25) is 4.79 Å². The Morgan fingerprint density at radius 3 is 2.29 bits per heavy atom. The molecule has 1 aliphatic carbocycles. The molecule has 0 saturated heterocycles. The SMILES string of the molecule is Cc1ccc(C)c(NC2=C/C(=N/S(=O)(=O)c3ccc(F)cc3)c3ccccc3C2=O)c1. The molecular weight excluding hydrogens is 415 g/mol. The molecule has 4 rings (SSSR count). The highest BCUT2D eigenvalue weighted by atomic mass is 32.2. The Labute approximate surface area is 180 Å². The Morgan fingerprint density at radius 2 is 1.58 bits per heavy atom. The predicted octanol–water partition coefficient (Wildman–Crippen LogP) is 4.81. The Kier molecular flexibility index (Phi) is 5.29. The lowest BCUT2D eigenvalue weighted by atomic mass is 9.92. The summed E-state index contributed by atoms with van der Waals surface area (Å²) in [5.74, 6) is -0.797. The maximum absolute atomic E-state index is 13.2. The van der Waals surface area contributed by atoms with Gasteiger partial charge < -0.3 is 5.32 Å². The van der Waals surface area contributed by atoms with Crippen LogP contribution in [0.2, 0.25) is 0 Å². The molecule has 0 aromatic heterocycles. The van der Waals surface area contributed by atoms with Gasteiger partial charge in [-0.2, -0.15) is 12.8 Å². The maximum atomic E-state index is 13.2. The van der Waals surface area contributed by atoms with E-state index in [1.807, 2.05) is 32.0 Å². The van der Waals surface area contributed by atoms with Crippen LogP contribution in [-0.4, -0.2) is 19.9 Å². The number of ketones is 1. The molecule has 0 unspecified atom stereocenters. The Morgan fingerprint density at radius 1 is 0.903 bits per heavy atom. The van der Waals surface area contributed by atoms with Crippen LogP contribution in [0.5, 0.6) is 0 Å². The van der Waals surface area contributed by atoms with Crippen LogP contribution in [0.3, 0.4) is 0 Å². The molecule has 0 fully saturated rings. The van der Waals surface area contributed by atoms with Crippen molar-refractivity contribution < 1.29 is 17.6 Å². The van der Waals surface area contributed by atoms with Crippen molar-refractivity contribution in [3.8, 4) is 0 Å². The molecule has 0 amide bonds. The maximum Gasteiger partial charge on any atom is 0.282 e. The quantitative estimate of drug-likeness (QED) is 0.639. The van der Waals surface area contributed by atoms with Gasteiger partial charge >= 0.3 is 0 Å². The second-order valence-corrected chi connectivity index (χ2v) is 8.89. The highest BCUT2D eigenvalue weighted by Gasteiger charge is 2.26. The van der Waals surface area contributed by atoms with Crippen molar-refractivity contribution in [3.63, 3.8) is 0 Å². The molecule has 3 aromatic rings. The predicted molar refractivity (Wildman–Crippen MR) is 119 cm³/mol. The number of nitrogens with zero attached hydrogens (tertiary/aromatic N) is 1. The zero-order valence-corrected chi connectivity index (χ0v) is 17.7. The van der Waals surface area contributed by atoms with Crippen LogP contribution in [0.25, 0.3) is 0 Å². The van der Waals surface area contributed by atoms with Gasteiger partial charge in [-0.05, 0) is 61.4 Å². The average Bonchev–Trinajstić information content (AvgIpc) is 2.74. The van der Waals surface area contributed by atoms with Gasteiger partial charge in [0.05, 0.1) is 16.3 Å². The molecule has 0 atom stereocenters. The van der Waals surface area contributed by atoms with E-state index >= 15 is 0 Å². The van der Waals surface area contributed by atoms with Gasteiger partial charge in [-0.15, -0.1) is 0 Å². The van der Waals surface area contributed by atoms with Gasteiger partial charge in [0.1, 0.15) is 5.82 Å². The summed E-state index contributed by atoms with van der Waals surface area (Å²) in [5, 5.41) is 3.13. The van der Waals surface area contributed by atoms with E-state index in [4.69, 9.17) is 0 Å². The number of anilines is 1. The van der Waals surface area contributed by atoms with E-state index in [1.165, 1.54) is 6.08 Å². The number of fused-ring (bicyclic) bond motifs is 1. The van der Waals surface area contributed by atoms with Crippen LogP contribution < -0.4 is 5.32 Å². The molecule has 0 spiro atoms. The highest BCUT2D eigenvalue weighted by Crippen LogP contribution is 2.26. The van der Waals surface area contributed by atoms with Crippen molar-refractivity contribution in [1.29, 1.82) is 0 Å². The normalized spacial score (nSPS) is 14.9. The second kappa shape index (κ2) is 7.92. The molecule has 5 nitrogen and oxygen atoms in total. The number of sulfonamides is 1. The van der Waals surface area contributed by atoms with Crippen LogP contribution in [0.4, 0.5) is 10.1 Å². The van der Waals surface area contributed by atoms with Crippen molar-refractivity contribution in [2.24, 2.45) is 4.40 Å². The molecule has 7 heteroatoms. The van der Waals surface area contributed by atoms with E-state index in [0.717, 1.165) is 41.1 Å². The zero-order chi connectivity index (χ0) is 22.2. The number of allylic oxidation sites excluding steroid dienone is 2. The largest absolute Gasteiger partial charge is 0.352 e.